The van der Waals surface area contributed by atoms with Crippen molar-refractivity contribution in [3.8, 4) is 0 Å². The predicted octanol–water partition coefficient (Wildman–Crippen LogP) is 2.14. The van der Waals surface area contributed by atoms with Gasteiger partial charge in [0.1, 0.15) is 17.1 Å². The third kappa shape index (κ3) is 3.47. The van der Waals surface area contributed by atoms with Crippen LogP contribution in [0.15, 0.2) is 29.3 Å². The molecule has 22 heavy (non-hydrogen) atoms. The Kier molecular flexibility index (Phi) is 5.18. The summed E-state index contributed by atoms with van der Waals surface area (Å²) in [5, 5.41) is 0. The molecule has 0 fully saturated rings. The van der Waals surface area contributed by atoms with Crippen molar-refractivity contribution in [2.24, 2.45) is 4.99 Å². The highest BCUT2D eigenvalue weighted by atomic mass is 32.2. The van der Waals surface area contributed by atoms with Gasteiger partial charge in [-0.05, 0) is 12.5 Å². The van der Waals surface area contributed by atoms with E-state index in [4.69, 9.17) is 4.74 Å². The molecule has 1 aromatic rings. The molecule has 0 saturated heterocycles. The molecule has 1 unspecified atom stereocenters. The molecular weight excluding hydrogens is 307 g/mol. The normalized spacial score (nSPS) is 23.7. The number of rotatable bonds is 6. The largest absolute Gasteiger partial charge is 0.379 e. The molecule has 1 heterocycles. The average Bonchev–Trinajstić information content (AvgIpc) is 2.48. The lowest BCUT2D eigenvalue weighted by atomic mass is 9.92. The molecule has 0 N–H and O–H groups in total. The highest BCUT2D eigenvalue weighted by Gasteiger charge is 2.43. The molecule has 0 amide bonds. The molecule has 0 spiro atoms. The highest BCUT2D eigenvalue weighted by Crippen LogP contribution is 2.33. The Bertz CT molecular complexity index is 648. The molecule has 0 aliphatic carbocycles. The number of aliphatic imine (C=N–C) groups is 1. The first kappa shape index (κ1) is 16.9. The monoisotopic (exact) mass is 328 g/mol. The van der Waals surface area contributed by atoms with Crippen molar-refractivity contribution in [1.29, 1.82) is 0 Å². The van der Waals surface area contributed by atoms with Crippen molar-refractivity contribution in [3.63, 3.8) is 0 Å². The van der Waals surface area contributed by atoms with Crippen LogP contribution in [0.1, 0.15) is 25.3 Å². The van der Waals surface area contributed by atoms with E-state index in [0.717, 1.165) is 17.1 Å². The van der Waals surface area contributed by atoms with Gasteiger partial charge in [-0.25, -0.2) is 12.8 Å². The van der Waals surface area contributed by atoms with Crippen LogP contribution in [0.2, 0.25) is 0 Å². The van der Waals surface area contributed by atoms with Crippen LogP contribution >= 0.6 is 0 Å². The van der Waals surface area contributed by atoms with Gasteiger partial charge in [0.25, 0.3) is 0 Å². The van der Waals surface area contributed by atoms with Crippen LogP contribution in [-0.2, 0) is 20.3 Å². The van der Waals surface area contributed by atoms with Gasteiger partial charge in [-0.15, -0.1) is 0 Å². The minimum absolute atomic E-state index is 0.0392. The predicted molar refractivity (Wildman–Crippen MR) is 83.8 cm³/mol. The van der Waals surface area contributed by atoms with Gasteiger partial charge in [-0.3, -0.25) is 9.30 Å². The maximum atomic E-state index is 14.2. The van der Waals surface area contributed by atoms with E-state index in [-0.39, 0.29) is 17.9 Å². The maximum absolute atomic E-state index is 14.2. The SMILES string of the molecule is CCCCOCC1(c2ccccc2F)CS(=O)(=O)N(C)C=N1. The Morgan fingerprint density at radius 3 is 2.77 bits per heavy atom. The topological polar surface area (TPSA) is 59.0 Å². The van der Waals surface area contributed by atoms with Crippen molar-refractivity contribution >= 4 is 16.4 Å². The Labute approximate surface area is 130 Å². The zero-order valence-electron chi connectivity index (χ0n) is 12.8. The van der Waals surface area contributed by atoms with E-state index < -0.39 is 21.4 Å². The van der Waals surface area contributed by atoms with Crippen molar-refractivity contribution in [1.82, 2.24) is 4.31 Å². The first-order valence-electron chi connectivity index (χ1n) is 7.25. The van der Waals surface area contributed by atoms with E-state index in [2.05, 4.69) is 4.99 Å². The summed E-state index contributed by atoms with van der Waals surface area (Å²) >= 11 is 0. The molecule has 122 valence electrons. The second-order valence-corrected chi connectivity index (χ2v) is 7.46. The summed E-state index contributed by atoms with van der Waals surface area (Å²) in [7, 11) is -2.12. The van der Waals surface area contributed by atoms with Gasteiger partial charge < -0.3 is 4.74 Å². The maximum Gasteiger partial charge on any atom is 0.238 e. The summed E-state index contributed by atoms with van der Waals surface area (Å²) in [6, 6.07) is 6.12. The fourth-order valence-electron chi connectivity index (χ4n) is 2.33. The molecule has 0 bridgehead atoms. The summed E-state index contributed by atoms with van der Waals surface area (Å²) in [6.07, 6.45) is 3.06. The van der Waals surface area contributed by atoms with Crippen molar-refractivity contribution in [3.05, 3.63) is 35.6 Å². The first-order valence-corrected chi connectivity index (χ1v) is 8.86. The van der Waals surface area contributed by atoms with Gasteiger partial charge in [0, 0.05) is 19.2 Å². The lowest BCUT2D eigenvalue weighted by Gasteiger charge is -2.35. The molecule has 5 nitrogen and oxygen atoms in total. The van der Waals surface area contributed by atoms with E-state index in [1.807, 2.05) is 6.92 Å². The molecule has 0 aromatic heterocycles. The quantitative estimate of drug-likeness (QED) is 0.752. The first-order chi connectivity index (χ1) is 10.4. The van der Waals surface area contributed by atoms with E-state index in [0.29, 0.717) is 6.61 Å². The number of unbranched alkanes of at least 4 members (excludes halogenated alkanes) is 1. The number of sulfonamides is 1. The van der Waals surface area contributed by atoms with Crippen molar-refractivity contribution < 1.29 is 17.5 Å². The second kappa shape index (κ2) is 6.75. The van der Waals surface area contributed by atoms with Crippen molar-refractivity contribution in [2.45, 2.75) is 25.3 Å². The summed E-state index contributed by atoms with van der Waals surface area (Å²) in [5.41, 5.74) is -0.982. The Morgan fingerprint density at radius 1 is 1.41 bits per heavy atom. The van der Waals surface area contributed by atoms with Crippen LogP contribution < -0.4 is 0 Å². The fraction of sp³-hybridized carbons (Fsp3) is 0.533. The molecule has 2 rings (SSSR count). The third-order valence-corrected chi connectivity index (χ3v) is 5.50. The zero-order chi connectivity index (χ0) is 16.2. The minimum atomic E-state index is -3.54. The molecule has 7 heteroatoms. The number of halogens is 1. The number of nitrogens with zero attached hydrogens (tertiary/aromatic N) is 2. The Morgan fingerprint density at radius 2 is 2.14 bits per heavy atom. The van der Waals surface area contributed by atoms with E-state index in [1.165, 1.54) is 19.5 Å². The Hall–Kier alpha value is -1.47. The lowest BCUT2D eigenvalue weighted by Crippen LogP contribution is -2.47. The smallest absolute Gasteiger partial charge is 0.238 e. The van der Waals surface area contributed by atoms with Gasteiger partial charge >= 0.3 is 0 Å². The summed E-state index contributed by atoms with van der Waals surface area (Å²) in [5.74, 6) is -0.779. The highest BCUT2D eigenvalue weighted by molar-refractivity contribution is 7.89. The molecule has 0 radical (unpaired) electrons. The lowest BCUT2D eigenvalue weighted by molar-refractivity contribution is 0.0878. The molecule has 1 atom stereocenters. The number of hydrogen-bond acceptors (Lipinski definition) is 4. The van der Waals surface area contributed by atoms with Crippen LogP contribution in [0.5, 0.6) is 0 Å². The van der Waals surface area contributed by atoms with Gasteiger partial charge in [0.15, 0.2) is 0 Å². The third-order valence-electron chi connectivity index (χ3n) is 3.69. The van der Waals surface area contributed by atoms with Crippen LogP contribution in [-0.4, -0.2) is 45.1 Å². The fourth-order valence-corrected chi connectivity index (χ4v) is 3.65. The van der Waals surface area contributed by atoms with Crippen LogP contribution in [0, 0.1) is 5.82 Å². The average molecular weight is 328 g/mol. The number of hydrogen-bond donors (Lipinski definition) is 0. The molecule has 1 aliphatic heterocycles. The van der Waals surface area contributed by atoms with Crippen LogP contribution in [0.4, 0.5) is 4.39 Å². The van der Waals surface area contributed by atoms with Crippen LogP contribution in [0.25, 0.3) is 0 Å². The number of benzene rings is 1. The van der Waals surface area contributed by atoms with Gasteiger partial charge in [0.2, 0.25) is 10.0 Å². The summed E-state index contributed by atoms with van der Waals surface area (Å²) < 4.78 is 45.3. The van der Waals surface area contributed by atoms with Gasteiger partial charge in [-0.2, -0.15) is 0 Å². The number of ether oxygens (including phenoxy) is 1. The summed E-state index contributed by atoms with van der Waals surface area (Å²) in [6.45, 7) is 2.57. The van der Waals surface area contributed by atoms with Crippen LogP contribution in [0.3, 0.4) is 0 Å². The zero-order valence-corrected chi connectivity index (χ0v) is 13.6. The van der Waals surface area contributed by atoms with E-state index in [9.17, 15) is 12.8 Å². The Balaban J connectivity index is 2.38. The van der Waals surface area contributed by atoms with E-state index in [1.54, 1.807) is 18.2 Å². The van der Waals surface area contributed by atoms with Gasteiger partial charge in [0.05, 0.1) is 12.9 Å². The molecule has 1 aromatic carbocycles. The molecule has 0 saturated carbocycles. The second-order valence-electron chi connectivity index (χ2n) is 5.43. The van der Waals surface area contributed by atoms with E-state index >= 15 is 0 Å². The minimum Gasteiger partial charge on any atom is -0.379 e. The molecular formula is C15H21FN2O3S. The molecule has 1 aliphatic rings. The van der Waals surface area contributed by atoms with Gasteiger partial charge in [-0.1, -0.05) is 31.5 Å². The standard InChI is InChI=1S/C15H21FN2O3S/c1-3-4-9-21-10-15(13-7-5-6-8-14(13)16)11-22(19,20)18(2)12-17-15/h5-8,12H,3-4,9-11H2,1-2H3. The summed E-state index contributed by atoms with van der Waals surface area (Å²) in [4.78, 5) is 4.32. The van der Waals surface area contributed by atoms with Crippen molar-refractivity contribution in [2.75, 3.05) is 26.0 Å².